The largest absolute Gasteiger partial charge is 0.360 e. The van der Waals surface area contributed by atoms with E-state index in [4.69, 9.17) is 23.8 Å². The monoisotopic (exact) mass is 268 g/mol. The van der Waals surface area contributed by atoms with Crippen molar-refractivity contribution >= 4 is 28.9 Å². The van der Waals surface area contributed by atoms with Crippen LogP contribution in [0.15, 0.2) is 24.3 Å². The Kier molecular flexibility index (Phi) is 4.63. The third-order valence-electron chi connectivity index (χ3n) is 3.03. The predicted octanol–water partition coefficient (Wildman–Crippen LogP) is 3.25. The van der Waals surface area contributed by atoms with Crippen LogP contribution in [0.25, 0.3) is 0 Å². The van der Waals surface area contributed by atoms with Crippen molar-refractivity contribution in [3.63, 3.8) is 0 Å². The van der Waals surface area contributed by atoms with Crippen LogP contribution >= 0.6 is 23.8 Å². The lowest BCUT2D eigenvalue weighted by Gasteiger charge is -2.15. The molecule has 2 N–H and O–H groups in total. The Hall–Kier alpha value is -0.800. The molecule has 1 saturated carbocycles. The van der Waals surface area contributed by atoms with Gasteiger partial charge in [0.25, 0.3) is 0 Å². The molecule has 0 atom stereocenters. The summed E-state index contributed by atoms with van der Waals surface area (Å²) in [4.78, 5) is 0. The summed E-state index contributed by atoms with van der Waals surface area (Å²) in [5.74, 6) is 0. The van der Waals surface area contributed by atoms with Crippen LogP contribution in [0.2, 0.25) is 5.02 Å². The maximum Gasteiger partial charge on any atom is 0.166 e. The molecule has 0 heterocycles. The van der Waals surface area contributed by atoms with Crippen LogP contribution < -0.4 is 10.6 Å². The van der Waals surface area contributed by atoms with Gasteiger partial charge >= 0.3 is 0 Å². The molecule has 1 aliphatic carbocycles. The Morgan fingerprint density at radius 1 is 1.35 bits per heavy atom. The Morgan fingerprint density at radius 3 is 2.82 bits per heavy atom. The first kappa shape index (κ1) is 12.7. The minimum absolute atomic E-state index is 0.564. The lowest BCUT2D eigenvalue weighted by Crippen LogP contribution is -2.40. The highest BCUT2D eigenvalue weighted by molar-refractivity contribution is 7.80. The van der Waals surface area contributed by atoms with Gasteiger partial charge in [-0.15, -0.1) is 0 Å². The van der Waals surface area contributed by atoms with E-state index in [-0.39, 0.29) is 0 Å². The van der Waals surface area contributed by atoms with Crippen LogP contribution in [0.1, 0.15) is 31.2 Å². The molecule has 0 spiro atoms. The Labute approximate surface area is 113 Å². The number of benzene rings is 1. The van der Waals surface area contributed by atoms with Crippen LogP contribution in [-0.4, -0.2) is 11.2 Å². The van der Waals surface area contributed by atoms with E-state index < -0.39 is 0 Å². The third-order valence-corrected chi connectivity index (χ3v) is 3.53. The van der Waals surface area contributed by atoms with Crippen LogP contribution in [0.5, 0.6) is 0 Å². The van der Waals surface area contributed by atoms with Gasteiger partial charge in [-0.2, -0.15) is 0 Å². The van der Waals surface area contributed by atoms with Gasteiger partial charge in [0.15, 0.2) is 5.11 Å². The first-order chi connectivity index (χ1) is 8.24. The van der Waals surface area contributed by atoms with Crippen molar-refractivity contribution in [2.45, 2.75) is 38.3 Å². The average Bonchev–Trinajstić information content (AvgIpc) is 2.79. The van der Waals surface area contributed by atoms with E-state index in [1.54, 1.807) is 0 Å². The SMILES string of the molecule is S=C(NCc1cccc(Cl)c1)NC1CCCC1. The fourth-order valence-corrected chi connectivity index (χ4v) is 2.59. The molecule has 0 unspecified atom stereocenters. The van der Waals surface area contributed by atoms with Gasteiger partial charge in [-0.05, 0) is 42.8 Å². The molecular weight excluding hydrogens is 252 g/mol. The zero-order valence-corrected chi connectivity index (χ0v) is 11.3. The van der Waals surface area contributed by atoms with E-state index in [0.717, 1.165) is 22.2 Å². The molecule has 92 valence electrons. The summed E-state index contributed by atoms with van der Waals surface area (Å²) in [6.07, 6.45) is 5.10. The molecule has 1 fully saturated rings. The molecule has 0 saturated heterocycles. The van der Waals surface area contributed by atoms with Crippen LogP contribution in [-0.2, 0) is 6.54 Å². The summed E-state index contributed by atoms with van der Waals surface area (Å²) in [6, 6.07) is 8.38. The minimum atomic E-state index is 0.564. The summed E-state index contributed by atoms with van der Waals surface area (Å²) in [7, 11) is 0. The van der Waals surface area contributed by atoms with Crippen molar-refractivity contribution in [3.8, 4) is 0 Å². The van der Waals surface area contributed by atoms with Gasteiger partial charge in [-0.1, -0.05) is 36.6 Å². The molecule has 1 aromatic carbocycles. The van der Waals surface area contributed by atoms with Crippen molar-refractivity contribution < 1.29 is 0 Å². The first-order valence-electron chi connectivity index (χ1n) is 6.03. The predicted molar refractivity (Wildman–Crippen MR) is 76.3 cm³/mol. The van der Waals surface area contributed by atoms with Crippen molar-refractivity contribution in [2.75, 3.05) is 0 Å². The van der Waals surface area contributed by atoms with Crippen molar-refractivity contribution in [1.82, 2.24) is 10.6 Å². The molecule has 0 radical (unpaired) electrons. The molecule has 0 aromatic heterocycles. The number of hydrogen-bond donors (Lipinski definition) is 2. The van der Waals surface area contributed by atoms with E-state index in [1.807, 2.05) is 24.3 Å². The highest BCUT2D eigenvalue weighted by Crippen LogP contribution is 2.17. The van der Waals surface area contributed by atoms with Crippen LogP contribution in [0.3, 0.4) is 0 Å². The molecule has 2 rings (SSSR count). The Bertz CT molecular complexity index is 389. The molecule has 1 aliphatic rings. The topological polar surface area (TPSA) is 24.1 Å². The highest BCUT2D eigenvalue weighted by Gasteiger charge is 2.15. The third kappa shape index (κ3) is 4.17. The van der Waals surface area contributed by atoms with E-state index in [2.05, 4.69) is 10.6 Å². The Morgan fingerprint density at radius 2 is 2.12 bits per heavy atom. The van der Waals surface area contributed by atoms with Crippen molar-refractivity contribution in [1.29, 1.82) is 0 Å². The van der Waals surface area contributed by atoms with Gasteiger partial charge < -0.3 is 10.6 Å². The second-order valence-electron chi connectivity index (χ2n) is 4.44. The second kappa shape index (κ2) is 6.22. The van der Waals surface area contributed by atoms with Crippen molar-refractivity contribution in [3.05, 3.63) is 34.9 Å². The molecule has 0 aliphatic heterocycles. The fraction of sp³-hybridized carbons (Fsp3) is 0.462. The summed E-state index contributed by atoms with van der Waals surface area (Å²) >= 11 is 11.2. The highest BCUT2D eigenvalue weighted by atomic mass is 35.5. The summed E-state index contributed by atoms with van der Waals surface area (Å²) in [5, 5.41) is 8.08. The maximum atomic E-state index is 5.92. The number of rotatable bonds is 3. The lowest BCUT2D eigenvalue weighted by molar-refractivity contribution is 0.621. The summed E-state index contributed by atoms with van der Waals surface area (Å²) < 4.78 is 0. The van der Waals surface area contributed by atoms with Gasteiger partial charge in [0.2, 0.25) is 0 Å². The van der Waals surface area contributed by atoms with Crippen LogP contribution in [0.4, 0.5) is 0 Å². The molecule has 0 bridgehead atoms. The second-order valence-corrected chi connectivity index (χ2v) is 5.28. The van der Waals surface area contributed by atoms with E-state index >= 15 is 0 Å². The lowest BCUT2D eigenvalue weighted by atomic mass is 10.2. The number of thiocarbonyl (C=S) groups is 1. The quantitative estimate of drug-likeness (QED) is 0.823. The normalized spacial score (nSPS) is 15.8. The fourth-order valence-electron chi connectivity index (χ4n) is 2.14. The molecular formula is C13H17ClN2S. The molecule has 2 nitrogen and oxygen atoms in total. The van der Waals surface area contributed by atoms with Gasteiger partial charge in [0.05, 0.1) is 0 Å². The molecule has 1 aromatic rings. The van der Waals surface area contributed by atoms with Crippen LogP contribution in [0, 0.1) is 0 Å². The molecule has 0 amide bonds. The summed E-state index contributed by atoms with van der Waals surface area (Å²) in [5.41, 5.74) is 1.15. The maximum absolute atomic E-state index is 5.92. The summed E-state index contributed by atoms with van der Waals surface area (Å²) in [6.45, 7) is 0.721. The number of halogens is 1. The standard InChI is InChI=1S/C13H17ClN2S/c14-11-5-3-4-10(8-11)9-15-13(17)16-12-6-1-2-7-12/h3-5,8,12H,1-2,6-7,9H2,(H2,15,16,17). The smallest absolute Gasteiger partial charge is 0.166 e. The van der Waals surface area contributed by atoms with Gasteiger partial charge in [0.1, 0.15) is 0 Å². The molecule has 17 heavy (non-hydrogen) atoms. The van der Waals surface area contributed by atoms with E-state index in [9.17, 15) is 0 Å². The average molecular weight is 269 g/mol. The van der Waals surface area contributed by atoms with Gasteiger partial charge in [-0.3, -0.25) is 0 Å². The van der Waals surface area contributed by atoms with E-state index in [0.29, 0.717) is 6.04 Å². The minimum Gasteiger partial charge on any atom is -0.360 e. The van der Waals surface area contributed by atoms with Crippen molar-refractivity contribution in [2.24, 2.45) is 0 Å². The zero-order chi connectivity index (χ0) is 12.1. The molecule has 4 heteroatoms. The van der Waals surface area contributed by atoms with Gasteiger partial charge in [-0.25, -0.2) is 0 Å². The first-order valence-corrected chi connectivity index (χ1v) is 6.81. The Balaban J connectivity index is 1.75. The van der Waals surface area contributed by atoms with E-state index in [1.165, 1.54) is 25.7 Å². The van der Waals surface area contributed by atoms with Gasteiger partial charge in [0, 0.05) is 17.6 Å². The zero-order valence-electron chi connectivity index (χ0n) is 9.71. The number of hydrogen-bond acceptors (Lipinski definition) is 1. The number of nitrogens with one attached hydrogen (secondary N) is 2.